The predicted molar refractivity (Wildman–Crippen MR) is 66.5 cm³/mol. The van der Waals surface area contributed by atoms with Crippen LogP contribution in [0.25, 0.3) is 0 Å². The maximum atomic E-state index is 13.2. The molecule has 0 aliphatic rings. The molecular weight excluding hydrogens is 287 g/mol. The van der Waals surface area contributed by atoms with Gasteiger partial charge in [-0.05, 0) is 30.2 Å². The van der Waals surface area contributed by atoms with Gasteiger partial charge in [0.15, 0.2) is 0 Å². The summed E-state index contributed by atoms with van der Waals surface area (Å²) in [5, 5.41) is 0. The summed E-state index contributed by atoms with van der Waals surface area (Å²) < 4.78 is 13.9. The molecule has 0 saturated heterocycles. The number of nitrogens with zero attached hydrogens (tertiary/aromatic N) is 1. The van der Waals surface area contributed by atoms with E-state index in [9.17, 15) is 4.39 Å². The van der Waals surface area contributed by atoms with Gasteiger partial charge in [-0.15, -0.1) is 0 Å². The first-order valence-corrected chi connectivity index (χ1v) is 5.88. The normalized spacial score (nSPS) is 12.6. The molecule has 0 aliphatic heterocycles. The van der Waals surface area contributed by atoms with E-state index in [-0.39, 0.29) is 11.9 Å². The summed E-state index contributed by atoms with van der Waals surface area (Å²) in [5.41, 5.74) is 3.50. The van der Waals surface area contributed by atoms with Crippen molar-refractivity contribution >= 4 is 15.9 Å². The van der Waals surface area contributed by atoms with Crippen molar-refractivity contribution in [2.24, 2.45) is 5.84 Å². The summed E-state index contributed by atoms with van der Waals surface area (Å²) >= 11 is 3.26. The van der Waals surface area contributed by atoms with Crippen LogP contribution in [-0.2, 0) is 6.42 Å². The Morgan fingerprint density at radius 3 is 2.88 bits per heavy atom. The zero-order valence-electron chi connectivity index (χ0n) is 8.95. The van der Waals surface area contributed by atoms with Gasteiger partial charge in [-0.2, -0.15) is 0 Å². The Kier molecular flexibility index (Phi) is 3.88. The Morgan fingerprint density at radius 2 is 2.29 bits per heavy atom. The molecule has 6 heteroatoms. The first-order valence-electron chi connectivity index (χ1n) is 5.09. The molecule has 0 radical (unpaired) electrons. The van der Waals surface area contributed by atoms with E-state index in [0.29, 0.717) is 10.9 Å². The van der Waals surface area contributed by atoms with E-state index in [0.717, 1.165) is 11.4 Å². The molecular formula is C11H12BrFN4. The van der Waals surface area contributed by atoms with Gasteiger partial charge >= 0.3 is 0 Å². The van der Waals surface area contributed by atoms with E-state index in [1.807, 2.05) is 6.07 Å². The van der Waals surface area contributed by atoms with E-state index in [4.69, 9.17) is 5.84 Å². The number of aromatic nitrogens is 2. The number of hydrogen-bond donors (Lipinski definition) is 3. The Balaban J connectivity index is 2.18. The molecule has 0 fully saturated rings. The number of hydrogen-bond acceptors (Lipinski definition) is 3. The summed E-state index contributed by atoms with van der Waals surface area (Å²) in [5.74, 6) is 5.93. The molecule has 17 heavy (non-hydrogen) atoms. The number of halogens is 2. The average molecular weight is 299 g/mol. The SMILES string of the molecule is NNC(Cc1cc(F)cc(Br)c1)c1ncc[nH]1. The standard InChI is InChI=1S/C11H12BrFN4/c12-8-3-7(4-9(13)6-8)5-10(17-14)11-15-1-2-16-11/h1-4,6,10,17H,5,14H2,(H,15,16). The van der Waals surface area contributed by atoms with Crippen molar-refractivity contribution < 1.29 is 4.39 Å². The quantitative estimate of drug-likeness (QED) is 0.598. The van der Waals surface area contributed by atoms with Crippen molar-refractivity contribution in [3.8, 4) is 0 Å². The highest BCUT2D eigenvalue weighted by Gasteiger charge is 2.13. The molecule has 0 aliphatic carbocycles. The van der Waals surface area contributed by atoms with Crippen LogP contribution in [0.4, 0.5) is 4.39 Å². The Labute approximate surface area is 107 Å². The lowest BCUT2D eigenvalue weighted by atomic mass is 10.1. The van der Waals surface area contributed by atoms with Gasteiger partial charge in [0.1, 0.15) is 11.6 Å². The first kappa shape index (κ1) is 12.2. The Bertz CT molecular complexity index is 466. The van der Waals surface area contributed by atoms with Gasteiger partial charge in [-0.25, -0.2) is 14.8 Å². The summed E-state index contributed by atoms with van der Waals surface area (Å²) in [4.78, 5) is 7.10. The first-order chi connectivity index (χ1) is 8.19. The Hall–Kier alpha value is -1.24. The van der Waals surface area contributed by atoms with E-state index >= 15 is 0 Å². The molecule has 0 saturated carbocycles. The number of rotatable bonds is 4. The molecule has 1 aromatic heterocycles. The van der Waals surface area contributed by atoms with Crippen LogP contribution in [0.15, 0.2) is 35.1 Å². The van der Waals surface area contributed by atoms with Gasteiger partial charge in [-0.1, -0.05) is 15.9 Å². The second-order valence-electron chi connectivity index (χ2n) is 3.68. The van der Waals surface area contributed by atoms with Gasteiger partial charge in [0.05, 0.1) is 6.04 Å². The van der Waals surface area contributed by atoms with Crippen LogP contribution in [0.5, 0.6) is 0 Å². The number of benzene rings is 1. The monoisotopic (exact) mass is 298 g/mol. The van der Waals surface area contributed by atoms with E-state index < -0.39 is 0 Å². The van der Waals surface area contributed by atoms with Crippen LogP contribution in [-0.4, -0.2) is 9.97 Å². The number of nitrogens with two attached hydrogens (primary N) is 1. The summed E-state index contributed by atoms with van der Waals surface area (Å²) in [7, 11) is 0. The van der Waals surface area contributed by atoms with Gasteiger partial charge in [0, 0.05) is 16.9 Å². The lowest BCUT2D eigenvalue weighted by molar-refractivity contribution is 0.525. The van der Waals surface area contributed by atoms with Crippen LogP contribution in [0.1, 0.15) is 17.4 Å². The maximum absolute atomic E-state index is 13.2. The van der Waals surface area contributed by atoms with Crippen LogP contribution < -0.4 is 11.3 Å². The molecule has 2 aromatic rings. The largest absolute Gasteiger partial charge is 0.347 e. The molecule has 1 heterocycles. The lowest BCUT2D eigenvalue weighted by Gasteiger charge is -2.13. The molecule has 0 amide bonds. The zero-order chi connectivity index (χ0) is 12.3. The minimum atomic E-state index is -0.274. The van der Waals surface area contributed by atoms with E-state index in [1.165, 1.54) is 12.1 Å². The fraction of sp³-hybridized carbons (Fsp3) is 0.182. The zero-order valence-corrected chi connectivity index (χ0v) is 10.5. The molecule has 0 spiro atoms. The van der Waals surface area contributed by atoms with Crippen molar-refractivity contribution in [1.82, 2.24) is 15.4 Å². The van der Waals surface area contributed by atoms with Crippen LogP contribution in [0.3, 0.4) is 0 Å². The minimum absolute atomic E-state index is 0.168. The van der Waals surface area contributed by atoms with Crippen LogP contribution >= 0.6 is 15.9 Å². The highest BCUT2D eigenvalue weighted by molar-refractivity contribution is 9.10. The van der Waals surface area contributed by atoms with Gasteiger partial charge < -0.3 is 4.98 Å². The Morgan fingerprint density at radius 1 is 1.47 bits per heavy atom. The van der Waals surface area contributed by atoms with Crippen molar-refractivity contribution in [1.29, 1.82) is 0 Å². The van der Waals surface area contributed by atoms with E-state index in [1.54, 1.807) is 12.4 Å². The number of H-pyrrole nitrogens is 1. The lowest BCUT2D eigenvalue weighted by Crippen LogP contribution is -2.30. The smallest absolute Gasteiger partial charge is 0.124 e. The van der Waals surface area contributed by atoms with E-state index in [2.05, 4.69) is 31.3 Å². The number of aromatic amines is 1. The fourth-order valence-electron chi connectivity index (χ4n) is 1.67. The molecule has 1 aromatic carbocycles. The van der Waals surface area contributed by atoms with Gasteiger partial charge in [0.25, 0.3) is 0 Å². The summed E-state index contributed by atoms with van der Waals surface area (Å²) in [6.07, 6.45) is 3.93. The highest BCUT2D eigenvalue weighted by atomic mass is 79.9. The maximum Gasteiger partial charge on any atom is 0.124 e. The third-order valence-electron chi connectivity index (χ3n) is 2.41. The molecule has 4 N–H and O–H groups in total. The second-order valence-corrected chi connectivity index (χ2v) is 4.59. The number of imidazole rings is 1. The predicted octanol–water partition coefficient (Wildman–Crippen LogP) is 2.06. The average Bonchev–Trinajstić information content (AvgIpc) is 2.77. The number of hydrazine groups is 1. The van der Waals surface area contributed by atoms with Crippen LogP contribution in [0, 0.1) is 5.82 Å². The van der Waals surface area contributed by atoms with Crippen LogP contribution in [0.2, 0.25) is 0 Å². The van der Waals surface area contributed by atoms with Gasteiger partial charge in [-0.3, -0.25) is 5.84 Å². The molecule has 1 atom stereocenters. The minimum Gasteiger partial charge on any atom is -0.347 e. The van der Waals surface area contributed by atoms with Gasteiger partial charge in [0.2, 0.25) is 0 Å². The van der Waals surface area contributed by atoms with Crippen molar-refractivity contribution in [3.63, 3.8) is 0 Å². The molecule has 90 valence electrons. The molecule has 2 rings (SSSR count). The van der Waals surface area contributed by atoms with Crippen molar-refractivity contribution in [2.45, 2.75) is 12.5 Å². The third kappa shape index (κ3) is 3.12. The highest BCUT2D eigenvalue weighted by Crippen LogP contribution is 2.19. The van der Waals surface area contributed by atoms with Crippen molar-refractivity contribution in [3.05, 3.63) is 52.3 Å². The third-order valence-corrected chi connectivity index (χ3v) is 2.87. The molecule has 1 unspecified atom stereocenters. The fourth-order valence-corrected chi connectivity index (χ4v) is 2.18. The topological polar surface area (TPSA) is 66.7 Å². The summed E-state index contributed by atoms with van der Waals surface area (Å²) in [6, 6.07) is 4.59. The molecule has 4 nitrogen and oxygen atoms in total. The number of nitrogens with one attached hydrogen (secondary N) is 2. The summed E-state index contributed by atoms with van der Waals surface area (Å²) in [6.45, 7) is 0. The second kappa shape index (κ2) is 5.39. The van der Waals surface area contributed by atoms with Crippen molar-refractivity contribution in [2.75, 3.05) is 0 Å². The molecule has 0 bridgehead atoms.